The molecule has 0 bridgehead atoms. The fraction of sp³-hybridized carbons (Fsp3) is 0.400. The van der Waals surface area contributed by atoms with Crippen molar-refractivity contribution in [1.82, 2.24) is 0 Å². The summed E-state index contributed by atoms with van der Waals surface area (Å²) in [5.41, 5.74) is 5.34. The maximum atomic E-state index is 12.9. The van der Waals surface area contributed by atoms with Gasteiger partial charge < -0.3 is 0 Å². The monoisotopic (exact) mass is 388 g/mol. The predicted molar refractivity (Wildman–Crippen MR) is 110 cm³/mol. The normalized spacial score (nSPS) is 9.58. The summed E-state index contributed by atoms with van der Waals surface area (Å²) in [5.74, 6) is 0.279. The predicted octanol–water partition coefficient (Wildman–Crippen LogP) is 7.88. The summed E-state index contributed by atoms with van der Waals surface area (Å²) in [7, 11) is 0. The molecule has 0 atom stereocenters. The van der Waals surface area contributed by atoms with Crippen LogP contribution in [0.1, 0.15) is 38.9 Å². The Hall–Kier alpha value is -0.830. The second kappa shape index (κ2) is 10.9. The van der Waals surface area contributed by atoms with Crippen molar-refractivity contribution in [2.24, 2.45) is 0 Å². The minimum atomic E-state index is -0.304. The molecule has 0 radical (unpaired) electrons. The average Bonchev–Trinajstić information content (AvgIpc) is 2.76. The molecule has 2 rings (SSSR count). The van der Waals surface area contributed by atoms with Gasteiger partial charge >= 0.3 is 0 Å². The van der Waals surface area contributed by atoms with Crippen molar-refractivity contribution < 1.29 is 4.39 Å². The number of aryl methyl sites for hydroxylation is 4. The molecule has 4 heteroatoms. The van der Waals surface area contributed by atoms with E-state index in [2.05, 4.69) is 34.3 Å². The van der Waals surface area contributed by atoms with Gasteiger partial charge in [0.1, 0.15) is 5.82 Å². The molecule has 0 nitrogen and oxygen atoms in total. The van der Waals surface area contributed by atoms with Gasteiger partial charge in [-0.15, -0.1) is 22.9 Å². The standard InChI is InChI=1S/C8H8ClF.C8H12S.C4H7Cl/c1-5-3-4-6(2)8(10)7(5)9;1-5-6(2)8(4)9-7(5)3;1-4(2)3-5/h3-4H,1-2H3;1-4H3;1,3H2,2H3. The Labute approximate surface area is 160 Å². The lowest BCUT2D eigenvalue weighted by molar-refractivity contribution is 0.618. The van der Waals surface area contributed by atoms with Crippen LogP contribution in [0.25, 0.3) is 0 Å². The Morgan fingerprint density at radius 1 is 1.00 bits per heavy atom. The Balaban J connectivity index is 0.000000351. The van der Waals surface area contributed by atoms with Crippen LogP contribution in [0.15, 0.2) is 24.3 Å². The third kappa shape index (κ3) is 7.38. The van der Waals surface area contributed by atoms with E-state index in [4.69, 9.17) is 23.2 Å². The van der Waals surface area contributed by atoms with Crippen LogP contribution >= 0.6 is 34.5 Å². The number of rotatable bonds is 1. The summed E-state index contributed by atoms with van der Waals surface area (Å²) in [4.78, 5) is 2.93. The van der Waals surface area contributed by atoms with Gasteiger partial charge in [0, 0.05) is 15.6 Å². The highest BCUT2D eigenvalue weighted by Gasteiger charge is 2.04. The van der Waals surface area contributed by atoms with E-state index in [0.717, 1.165) is 11.1 Å². The zero-order valence-electron chi connectivity index (χ0n) is 15.6. The second-order valence-corrected chi connectivity index (χ2v) is 7.96. The van der Waals surface area contributed by atoms with Gasteiger partial charge in [0.15, 0.2) is 0 Å². The van der Waals surface area contributed by atoms with Gasteiger partial charge in [-0.2, -0.15) is 0 Å². The smallest absolute Gasteiger partial charge is 0.144 e. The first kappa shape index (κ1) is 23.2. The highest BCUT2D eigenvalue weighted by molar-refractivity contribution is 7.12. The van der Waals surface area contributed by atoms with E-state index >= 15 is 0 Å². The quantitative estimate of drug-likeness (QED) is 0.344. The van der Waals surface area contributed by atoms with Crippen molar-refractivity contribution >= 4 is 34.5 Å². The number of alkyl halides is 1. The van der Waals surface area contributed by atoms with E-state index in [1.807, 2.05) is 18.3 Å². The van der Waals surface area contributed by atoms with E-state index in [0.29, 0.717) is 11.4 Å². The molecule has 1 aromatic carbocycles. The lowest BCUT2D eigenvalue weighted by atomic mass is 10.1. The van der Waals surface area contributed by atoms with E-state index in [-0.39, 0.29) is 10.8 Å². The molecule has 0 N–H and O–H groups in total. The Morgan fingerprint density at radius 2 is 1.38 bits per heavy atom. The molecule has 1 heterocycles. The first-order valence-corrected chi connectivity index (χ1v) is 9.40. The lowest BCUT2D eigenvalue weighted by Gasteiger charge is -2.00. The van der Waals surface area contributed by atoms with Crippen LogP contribution in [0.5, 0.6) is 0 Å². The van der Waals surface area contributed by atoms with Gasteiger partial charge in [0.05, 0.1) is 5.02 Å². The number of allylic oxidation sites excluding steroid dienone is 1. The maximum Gasteiger partial charge on any atom is 0.144 e. The highest BCUT2D eigenvalue weighted by Crippen LogP contribution is 2.24. The van der Waals surface area contributed by atoms with Crippen LogP contribution in [0.2, 0.25) is 5.02 Å². The Bertz CT molecular complexity index is 638. The molecule has 0 aliphatic rings. The van der Waals surface area contributed by atoms with Crippen molar-refractivity contribution in [3.05, 3.63) is 67.1 Å². The maximum absolute atomic E-state index is 12.9. The van der Waals surface area contributed by atoms with E-state index in [1.54, 1.807) is 26.0 Å². The van der Waals surface area contributed by atoms with Crippen LogP contribution < -0.4 is 0 Å². The number of hydrogen-bond acceptors (Lipinski definition) is 1. The van der Waals surface area contributed by atoms with Crippen molar-refractivity contribution in [3.8, 4) is 0 Å². The Morgan fingerprint density at radius 3 is 1.62 bits per heavy atom. The molecule has 134 valence electrons. The Kier molecular flexibility index (Phi) is 10.5. The number of hydrogen-bond donors (Lipinski definition) is 0. The molecule has 0 fully saturated rings. The summed E-state index contributed by atoms with van der Waals surface area (Å²) < 4.78 is 12.9. The van der Waals surface area contributed by atoms with Gasteiger partial charge in [0.2, 0.25) is 0 Å². The molecule has 2 aromatic rings. The first-order chi connectivity index (χ1) is 11.0. The molecule has 0 unspecified atom stereocenters. The van der Waals surface area contributed by atoms with Crippen molar-refractivity contribution in [2.45, 2.75) is 48.5 Å². The fourth-order valence-corrected chi connectivity index (χ4v) is 2.94. The van der Waals surface area contributed by atoms with Crippen molar-refractivity contribution in [3.63, 3.8) is 0 Å². The topological polar surface area (TPSA) is 0 Å². The molecule has 24 heavy (non-hydrogen) atoms. The van der Waals surface area contributed by atoms with E-state index < -0.39 is 0 Å². The van der Waals surface area contributed by atoms with Crippen LogP contribution in [-0.4, -0.2) is 5.88 Å². The SMILES string of the molecule is C=C(C)CCl.Cc1ccc(C)c(Cl)c1F.Cc1sc(C)c(C)c1C. The van der Waals surface area contributed by atoms with Crippen molar-refractivity contribution in [1.29, 1.82) is 0 Å². The summed E-state index contributed by atoms with van der Waals surface area (Å²) in [6.07, 6.45) is 0. The number of halogens is 3. The largest absolute Gasteiger partial charge is 0.205 e. The van der Waals surface area contributed by atoms with Gasteiger partial charge in [-0.05, 0) is 70.7 Å². The van der Waals surface area contributed by atoms with Crippen LogP contribution in [0, 0.1) is 47.4 Å². The third-order valence-electron chi connectivity index (χ3n) is 3.62. The molecule has 0 saturated heterocycles. The molecule has 1 aromatic heterocycles. The zero-order valence-corrected chi connectivity index (χ0v) is 17.9. The average molecular weight is 389 g/mol. The van der Waals surface area contributed by atoms with Gasteiger partial charge in [-0.1, -0.05) is 35.9 Å². The van der Waals surface area contributed by atoms with Gasteiger partial charge in [-0.3, -0.25) is 0 Å². The molecule has 0 aliphatic heterocycles. The minimum absolute atomic E-state index is 0.236. The summed E-state index contributed by atoms with van der Waals surface area (Å²) in [5, 5.41) is 0.236. The molecule has 0 aliphatic carbocycles. The molecular weight excluding hydrogens is 362 g/mol. The molecule has 0 spiro atoms. The van der Waals surface area contributed by atoms with E-state index in [1.165, 1.54) is 20.9 Å². The number of benzene rings is 1. The summed E-state index contributed by atoms with van der Waals surface area (Å²) >= 11 is 12.7. The van der Waals surface area contributed by atoms with Crippen LogP contribution in [0.3, 0.4) is 0 Å². The summed E-state index contributed by atoms with van der Waals surface area (Å²) in [6.45, 7) is 17.7. The highest BCUT2D eigenvalue weighted by atomic mass is 35.5. The molecule has 0 saturated carbocycles. The molecule has 0 amide bonds. The first-order valence-electron chi connectivity index (χ1n) is 7.67. The van der Waals surface area contributed by atoms with E-state index in [9.17, 15) is 4.39 Å². The number of thiophene rings is 1. The third-order valence-corrected chi connectivity index (χ3v) is 5.77. The van der Waals surface area contributed by atoms with Gasteiger partial charge in [0.25, 0.3) is 0 Å². The lowest BCUT2D eigenvalue weighted by Crippen LogP contribution is -1.85. The van der Waals surface area contributed by atoms with Gasteiger partial charge in [-0.25, -0.2) is 4.39 Å². The zero-order chi connectivity index (χ0) is 19.0. The minimum Gasteiger partial charge on any atom is -0.205 e. The van der Waals surface area contributed by atoms with Crippen molar-refractivity contribution in [2.75, 3.05) is 5.88 Å². The molecular formula is C20H27Cl2FS. The van der Waals surface area contributed by atoms with Crippen LogP contribution in [-0.2, 0) is 0 Å². The fourth-order valence-electron chi connectivity index (χ4n) is 1.65. The van der Waals surface area contributed by atoms with Crippen LogP contribution in [0.4, 0.5) is 4.39 Å². The summed E-state index contributed by atoms with van der Waals surface area (Å²) in [6, 6.07) is 3.53. The second-order valence-electron chi connectivity index (χ2n) is 5.88.